The summed E-state index contributed by atoms with van der Waals surface area (Å²) >= 11 is 0. The maximum absolute atomic E-state index is 10.7. The fourth-order valence-corrected chi connectivity index (χ4v) is 1.42. The zero-order chi connectivity index (χ0) is 12.6. The molecular weight excluding hydrogens is 224 g/mol. The summed E-state index contributed by atoms with van der Waals surface area (Å²) in [6.07, 6.45) is 1.39. The number of aliphatic carboxylic acids is 1. The third-order valence-electron chi connectivity index (χ3n) is 2.18. The number of nitrogen functional groups attached to an aromatic ring is 1. The second-order valence-electron chi connectivity index (χ2n) is 3.74. The van der Waals surface area contributed by atoms with E-state index >= 15 is 0 Å². The molecule has 0 saturated heterocycles. The molecule has 0 aliphatic carbocycles. The predicted molar refractivity (Wildman–Crippen MR) is 61.7 cm³/mol. The lowest BCUT2D eigenvalue weighted by molar-refractivity contribution is -0.137. The zero-order valence-electron chi connectivity index (χ0n) is 9.45. The van der Waals surface area contributed by atoms with Crippen LogP contribution < -0.4 is 10.6 Å². The van der Waals surface area contributed by atoms with Crippen LogP contribution in [0.4, 0.5) is 11.8 Å². The number of rotatable bonds is 3. The standard InChI is InChI=1S/C9H12N6O2/c1-14(2)9-12-7(10)6-8(13-9)15(4-11-6)3-5(16)17/h4H,3H2,1-2H3,(H,16,17)(H2,10,12,13). The molecule has 0 atom stereocenters. The van der Waals surface area contributed by atoms with Gasteiger partial charge in [-0.1, -0.05) is 0 Å². The van der Waals surface area contributed by atoms with Gasteiger partial charge in [-0.3, -0.25) is 4.79 Å². The molecule has 0 radical (unpaired) electrons. The number of hydrogen-bond donors (Lipinski definition) is 2. The normalized spacial score (nSPS) is 10.7. The Morgan fingerprint density at radius 2 is 2.24 bits per heavy atom. The van der Waals surface area contributed by atoms with E-state index in [9.17, 15) is 4.79 Å². The first-order valence-corrected chi connectivity index (χ1v) is 4.86. The molecule has 0 aromatic carbocycles. The molecule has 0 saturated carbocycles. The Labute approximate surface area is 96.7 Å². The van der Waals surface area contributed by atoms with Crippen molar-refractivity contribution in [3.8, 4) is 0 Å². The Morgan fingerprint density at radius 3 is 2.82 bits per heavy atom. The van der Waals surface area contributed by atoms with E-state index in [0.717, 1.165) is 0 Å². The topological polar surface area (TPSA) is 110 Å². The predicted octanol–water partition coefficient (Wildman–Crippen LogP) is -0.441. The van der Waals surface area contributed by atoms with Gasteiger partial charge >= 0.3 is 5.97 Å². The minimum atomic E-state index is -0.965. The van der Waals surface area contributed by atoms with Gasteiger partial charge in [0.2, 0.25) is 5.95 Å². The van der Waals surface area contributed by atoms with E-state index in [-0.39, 0.29) is 12.4 Å². The maximum atomic E-state index is 10.7. The first kappa shape index (κ1) is 11.1. The Balaban J connectivity index is 2.61. The number of carboxylic acids is 1. The van der Waals surface area contributed by atoms with Crippen LogP contribution in [0.15, 0.2) is 6.33 Å². The van der Waals surface area contributed by atoms with E-state index in [4.69, 9.17) is 10.8 Å². The van der Waals surface area contributed by atoms with Crippen LogP contribution >= 0.6 is 0 Å². The van der Waals surface area contributed by atoms with E-state index in [0.29, 0.717) is 17.1 Å². The number of imidazole rings is 1. The van der Waals surface area contributed by atoms with Crippen molar-refractivity contribution in [2.24, 2.45) is 0 Å². The van der Waals surface area contributed by atoms with Gasteiger partial charge in [0, 0.05) is 14.1 Å². The highest BCUT2D eigenvalue weighted by Crippen LogP contribution is 2.18. The number of carbonyl (C=O) groups is 1. The van der Waals surface area contributed by atoms with Crippen molar-refractivity contribution in [3.63, 3.8) is 0 Å². The van der Waals surface area contributed by atoms with Crippen LogP contribution in [0.1, 0.15) is 0 Å². The number of nitrogens with zero attached hydrogens (tertiary/aromatic N) is 5. The van der Waals surface area contributed by atoms with Crippen molar-refractivity contribution in [1.82, 2.24) is 19.5 Å². The number of anilines is 2. The fraction of sp³-hybridized carbons (Fsp3) is 0.333. The van der Waals surface area contributed by atoms with Gasteiger partial charge in [-0.25, -0.2) is 4.98 Å². The summed E-state index contributed by atoms with van der Waals surface area (Å²) in [6, 6.07) is 0. The first-order valence-electron chi connectivity index (χ1n) is 4.86. The quantitative estimate of drug-likeness (QED) is 0.743. The summed E-state index contributed by atoms with van der Waals surface area (Å²) in [4.78, 5) is 24.7. The van der Waals surface area contributed by atoms with Gasteiger partial charge in [-0.15, -0.1) is 0 Å². The monoisotopic (exact) mass is 236 g/mol. The van der Waals surface area contributed by atoms with Crippen LogP contribution in [0.25, 0.3) is 11.2 Å². The number of aromatic nitrogens is 4. The third-order valence-corrected chi connectivity index (χ3v) is 2.18. The number of fused-ring (bicyclic) bond motifs is 1. The summed E-state index contributed by atoms with van der Waals surface area (Å²) < 4.78 is 1.42. The molecule has 2 rings (SSSR count). The van der Waals surface area contributed by atoms with Crippen molar-refractivity contribution in [1.29, 1.82) is 0 Å². The Morgan fingerprint density at radius 1 is 1.53 bits per heavy atom. The van der Waals surface area contributed by atoms with E-state index in [1.54, 1.807) is 19.0 Å². The maximum Gasteiger partial charge on any atom is 0.323 e. The largest absolute Gasteiger partial charge is 0.480 e. The molecule has 0 aliphatic rings. The van der Waals surface area contributed by atoms with Crippen LogP contribution in [0, 0.1) is 0 Å². The first-order chi connectivity index (χ1) is 7.99. The van der Waals surface area contributed by atoms with Crippen molar-refractivity contribution < 1.29 is 9.90 Å². The second kappa shape index (κ2) is 3.89. The molecule has 90 valence electrons. The van der Waals surface area contributed by atoms with Gasteiger partial charge in [-0.05, 0) is 0 Å². The average Bonchev–Trinajstić information content (AvgIpc) is 2.61. The lowest BCUT2D eigenvalue weighted by Crippen LogP contribution is -2.15. The van der Waals surface area contributed by atoms with Crippen molar-refractivity contribution in [2.45, 2.75) is 6.54 Å². The Kier molecular flexibility index (Phi) is 2.54. The van der Waals surface area contributed by atoms with E-state index in [2.05, 4.69) is 15.0 Å². The zero-order valence-corrected chi connectivity index (χ0v) is 9.45. The molecule has 2 aromatic heterocycles. The molecule has 0 aliphatic heterocycles. The van der Waals surface area contributed by atoms with Crippen LogP contribution in [0.3, 0.4) is 0 Å². The molecule has 17 heavy (non-hydrogen) atoms. The van der Waals surface area contributed by atoms with Crippen molar-refractivity contribution in [2.75, 3.05) is 24.7 Å². The van der Waals surface area contributed by atoms with Crippen LogP contribution in [-0.4, -0.2) is 44.7 Å². The van der Waals surface area contributed by atoms with Gasteiger partial charge in [0.15, 0.2) is 11.5 Å². The van der Waals surface area contributed by atoms with E-state index < -0.39 is 5.97 Å². The van der Waals surface area contributed by atoms with E-state index in [1.807, 2.05) is 0 Å². The number of nitrogens with two attached hydrogens (primary N) is 1. The Bertz CT molecular complexity index is 576. The van der Waals surface area contributed by atoms with Gasteiger partial charge in [0.05, 0.1) is 6.33 Å². The molecule has 2 aromatic rings. The fourth-order valence-electron chi connectivity index (χ4n) is 1.42. The molecule has 3 N–H and O–H groups in total. The van der Waals surface area contributed by atoms with Crippen LogP contribution in [0.2, 0.25) is 0 Å². The lowest BCUT2D eigenvalue weighted by atomic mass is 10.5. The molecule has 0 unspecified atom stereocenters. The third kappa shape index (κ3) is 1.96. The highest BCUT2D eigenvalue weighted by molar-refractivity contribution is 5.83. The lowest BCUT2D eigenvalue weighted by Gasteiger charge is -2.10. The molecular formula is C9H12N6O2. The Hall–Kier alpha value is -2.38. The smallest absolute Gasteiger partial charge is 0.323 e. The molecule has 0 fully saturated rings. The summed E-state index contributed by atoms with van der Waals surface area (Å²) in [5.41, 5.74) is 6.57. The summed E-state index contributed by atoms with van der Waals surface area (Å²) in [5.74, 6) is -0.308. The van der Waals surface area contributed by atoms with Crippen molar-refractivity contribution in [3.05, 3.63) is 6.33 Å². The molecule has 0 bridgehead atoms. The summed E-state index contributed by atoms with van der Waals surface area (Å²) in [7, 11) is 3.55. The average molecular weight is 236 g/mol. The van der Waals surface area contributed by atoms with Crippen molar-refractivity contribution >= 4 is 28.9 Å². The van der Waals surface area contributed by atoms with Crippen LogP contribution in [-0.2, 0) is 11.3 Å². The molecule has 0 spiro atoms. The van der Waals surface area contributed by atoms with Crippen LogP contribution in [0.5, 0.6) is 0 Å². The summed E-state index contributed by atoms with van der Waals surface area (Å²) in [6.45, 7) is -0.209. The highest BCUT2D eigenvalue weighted by atomic mass is 16.4. The second-order valence-corrected chi connectivity index (χ2v) is 3.74. The van der Waals surface area contributed by atoms with Gasteiger partial charge < -0.3 is 20.3 Å². The number of carboxylic acid groups (broad SMARTS) is 1. The number of hydrogen-bond acceptors (Lipinski definition) is 6. The van der Waals surface area contributed by atoms with E-state index in [1.165, 1.54) is 10.9 Å². The molecule has 0 amide bonds. The van der Waals surface area contributed by atoms with Gasteiger partial charge in [-0.2, -0.15) is 9.97 Å². The SMILES string of the molecule is CN(C)c1nc(N)c2ncn(CC(=O)O)c2n1. The minimum absolute atomic E-state index is 0.209. The molecule has 2 heterocycles. The molecule has 8 heteroatoms. The minimum Gasteiger partial charge on any atom is -0.480 e. The summed E-state index contributed by atoms with van der Waals surface area (Å²) in [5, 5.41) is 8.76. The van der Waals surface area contributed by atoms with Gasteiger partial charge in [0.1, 0.15) is 12.1 Å². The highest BCUT2D eigenvalue weighted by Gasteiger charge is 2.13. The van der Waals surface area contributed by atoms with Gasteiger partial charge in [0.25, 0.3) is 0 Å². The molecule has 8 nitrogen and oxygen atoms in total.